The van der Waals surface area contributed by atoms with Crippen molar-refractivity contribution in [3.63, 3.8) is 0 Å². The molecule has 0 amide bonds. The summed E-state index contributed by atoms with van der Waals surface area (Å²) in [6, 6.07) is 25.8. The number of aromatic carboxylic acids is 1. The lowest BCUT2D eigenvalue weighted by molar-refractivity contribution is -0.884. The van der Waals surface area contributed by atoms with Crippen LogP contribution in [0.3, 0.4) is 0 Å². The number of hydrogen-bond acceptors (Lipinski definition) is 5. The first-order chi connectivity index (χ1) is 16.9. The van der Waals surface area contributed by atoms with Gasteiger partial charge in [0.05, 0.1) is 33.3 Å². The maximum Gasteiger partial charge on any atom is 0.335 e. The summed E-state index contributed by atoms with van der Waals surface area (Å²) in [5.41, 5.74) is 2.16. The Bertz CT molecular complexity index is 1250. The monoisotopic (exact) mass is 512 g/mol. The summed E-state index contributed by atoms with van der Waals surface area (Å²) in [5, 5.41) is 13.6. The molecule has 36 heavy (non-hydrogen) atoms. The molecule has 3 aromatic carbocycles. The molecule has 2 atom stereocenters. The predicted molar refractivity (Wildman–Crippen MR) is 142 cm³/mol. The van der Waals surface area contributed by atoms with Gasteiger partial charge in [0.15, 0.2) is 0 Å². The average molecular weight is 513 g/mol. The minimum Gasteiger partial charge on any atom is -0.487 e. The molecule has 0 radical (unpaired) electrons. The molecule has 1 heterocycles. The molecule has 4 rings (SSSR count). The molecule has 1 fully saturated rings. The van der Waals surface area contributed by atoms with Crippen LogP contribution in [0.4, 0.5) is 5.69 Å². The number of carboxylic acid groups (broad SMARTS) is 1. The van der Waals surface area contributed by atoms with Crippen LogP contribution in [-0.4, -0.2) is 69.6 Å². The van der Waals surface area contributed by atoms with E-state index in [0.717, 1.165) is 11.0 Å². The Balaban J connectivity index is 0.000000275. The first-order valence-electron chi connectivity index (χ1n) is 11.6. The zero-order valence-corrected chi connectivity index (χ0v) is 21.6. The van der Waals surface area contributed by atoms with E-state index >= 15 is 0 Å². The van der Waals surface area contributed by atoms with Crippen molar-refractivity contribution in [1.82, 2.24) is 0 Å². The molecule has 0 saturated carbocycles. The highest BCUT2D eigenvalue weighted by molar-refractivity contribution is 7.89. The SMILES string of the molecule is C[N+](C)(C)Cc1ccccc1.NS(=O)(=O)C1CN(c2cccc(C(=O)O)c2)CC1Oc1ccccc1. The van der Waals surface area contributed by atoms with Crippen LogP contribution in [0.1, 0.15) is 15.9 Å². The van der Waals surface area contributed by atoms with E-state index in [4.69, 9.17) is 15.0 Å². The molecule has 3 aromatic rings. The van der Waals surface area contributed by atoms with E-state index in [-0.39, 0.29) is 12.1 Å². The van der Waals surface area contributed by atoms with Gasteiger partial charge in [0.2, 0.25) is 10.0 Å². The molecule has 0 spiro atoms. The smallest absolute Gasteiger partial charge is 0.335 e. The number of quaternary nitrogens is 1. The van der Waals surface area contributed by atoms with Gasteiger partial charge in [-0.2, -0.15) is 0 Å². The summed E-state index contributed by atoms with van der Waals surface area (Å²) in [5.74, 6) is -0.483. The lowest BCUT2D eigenvalue weighted by Gasteiger charge is -2.23. The number of benzene rings is 3. The second kappa shape index (κ2) is 11.6. The molecular formula is C27H34N3O5S+. The molecule has 0 aromatic heterocycles. The minimum atomic E-state index is -3.82. The standard InChI is InChI=1S/C17H18N2O5S.C10H16N/c18-25(22,23)16-11-19(13-6-4-5-12(9-13)17(20)21)10-15(16)24-14-7-2-1-3-8-14;1-11(2,3)9-10-7-5-4-6-8-10/h1-9,15-16H,10-11H2,(H,20,21)(H2,18,22,23);4-8H,9H2,1-3H3/q;+1. The van der Waals surface area contributed by atoms with Gasteiger partial charge in [0, 0.05) is 17.8 Å². The molecule has 1 saturated heterocycles. The van der Waals surface area contributed by atoms with Crippen molar-refractivity contribution in [2.24, 2.45) is 5.14 Å². The summed E-state index contributed by atoms with van der Waals surface area (Å²) < 4.78 is 30.7. The third kappa shape index (κ3) is 8.08. The molecule has 0 aliphatic carbocycles. The summed E-state index contributed by atoms with van der Waals surface area (Å²) in [6.07, 6.45) is -0.647. The number of primary sulfonamides is 1. The average Bonchev–Trinajstić information content (AvgIpc) is 3.24. The van der Waals surface area contributed by atoms with E-state index in [9.17, 15) is 13.2 Å². The zero-order valence-electron chi connectivity index (χ0n) is 20.8. The zero-order chi connectivity index (χ0) is 26.3. The van der Waals surface area contributed by atoms with Crippen molar-refractivity contribution < 1.29 is 27.5 Å². The second-order valence-corrected chi connectivity index (χ2v) is 11.6. The number of para-hydroxylation sites is 1. The molecule has 1 aliphatic heterocycles. The molecule has 0 bridgehead atoms. The number of sulfonamides is 1. The minimum absolute atomic E-state index is 0.136. The van der Waals surface area contributed by atoms with Crippen LogP contribution >= 0.6 is 0 Å². The van der Waals surface area contributed by atoms with Gasteiger partial charge in [-0.25, -0.2) is 18.4 Å². The van der Waals surface area contributed by atoms with Crippen LogP contribution in [0.2, 0.25) is 0 Å². The largest absolute Gasteiger partial charge is 0.487 e. The Labute approximate surface area is 213 Å². The number of carbonyl (C=O) groups is 1. The summed E-state index contributed by atoms with van der Waals surface area (Å²) >= 11 is 0. The van der Waals surface area contributed by atoms with Gasteiger partial charge in [0.1, 0.15) is 23.6 Å². The molecule has 3 N–H and O–H groups in total. The van der Waals surface area contributed by atoms with Crippen molar-refractivity contribution in [1.29, 1.82) is 0 Å². The van der Waals surface area contributed by atoms with E-state index in [2.05, 4.69) is 51.5 Å². The van der Waals surface area contributed by atoms with E-state index in [1.807, 2.05) is 6.07 Å². The van der Waals surface area contributed by atoms with Gasteiger partial charge < -0.3 is 19.2 Å². The molecular weight excluding hydrogens is 478 g/mol. The third-order valence-corrected chi connectivity index (χ3v) is 6.92. The number of rotatable bonds is 7. The molecule has 9 heteroatoms. The lowest BCUT2D eigenvalue weighted by atomic mass is 10.2. The van der Waals surface area contributed by atoms with E-state index < -0.39 is 27.3 Å². The van der Waals surface area contributed by atoms with Crippen molar-refractivity contribution in [2.45, 2.75) is 17.9 Å². The van der Waals surface area contributed by atoms with E-state index in [1.165, 1.54) is 17.7 Å². The number of anilines is 1. The lowest BCUT2D eigenvalue weighted by Crippen LogP contribution is -2.40. The number of ether oxygens (including phenoxy) is 1. The topological polar surface area (TPSA) is 110 Å². The van der Waals surface area contributed by atoms with Crippen LogP contribution < -0.4 is 14.8 Å². The Hall–Kier alpha value is -3.40. The van der Waals surface area contributed by atoms with Crippen molar-refractivity contribution in [2.75, 3.05) is 39.1 Å². The number of carboxylic acids is 1. The highest BCUT2D eigenvalue weighted by atomic mass is 32.2. The van der Waals surface area contributed by atoms with Crippen LogP contribution in [0.5, 0.6) is 5.75 Å². The van der Waals surface area contributed by atoms with Crippen LogP contribution in [-0.2, 0) is 16.6 Å². The van der Waals surface area contributed by atoms with Gasteiger partial charge in [-0.05, 0) is 30.3 Å². The van der Waals surface area contributed by atoms with Gasteiger partial charge >= 0.3 is 5.97 Å². The Morgan fingerprint density at radius 2 is 1.58 bits per heavy atom. The van der Waals surface area contributed by atoms with Gasteiger partial charge in [-0.15, -0.1) is 0 Å². The van der Waals surface area contributed by atoms with Crippen molar-refractivity contribution in [3.8, 4) is 5.75 Å². The maximum absolute atomic E-state index is 12.0. The molecule has 1 aliphatic rings. The fourth-order valence-corrected chi connectivity index (χ4v) is 4.98. The number of nitrogens with zero attached hydrogens (tertiary/aromatic N) is 2. The Kier molecular flexibility index (Phi) is 8.73. The van der Waals surface area contributed by atoms with E-state index in [1.54, 1.807) is 41.3 Å². The third-order valence-electron chi connectivity index (χ3n) is 5.63. The highest BCUT2D eigenvalue weighted by Gasteiger charge is 2.41. The second-order valence-electron chi connectivity index (χ2n) is 9.79. The molecule has 2 unspecified atom stereocenters. The van der Waals surface area contributed by atoms with Gasteiger partial charge in [-0.1, -0.05) is 54.6 Å². The van der Waals surface area contributed by atoms with Crippen molar-refractivity contribution in [3.05, 3.63) is 96.1 Å². The maximum atomic E-state index is 12.0. The fraction of sp³-hybridized carbons (Fsp3) is 0.296. The molecule has 8 nitrogen and oxygen atoms in total. The van der Waals surface area contributed by atoms with Crippen LogP contribution in [0.15, 0.2) is 84.9 Å². The summed E-state index contributed by atoms with van der Waals surface area (Å²) in [7, 11) is 2.78. The Morgan fingerprint density at radius 1 is 0.972 bits per heavy atom. The summed E-state index contributed by atoms with van der Waals surface area (Å²) in [4.78, 5) is 12.9. The van der Waals surface area contributed by atoms with Crippen LogP contribution in [0, 0.1) is 0 Å². The number of nitrogens with two attached hydrogens (primary N) is 1. The van der Waals surface area contributed by atoms with Crippen LogP contribution in [0.25, 0.3) is 0 Å². The van der Waals surface area contributed by atoms with Crippen molar-refractivity contribution >= 4 is 21.7 Å². The van der Waals surface area contributed by atoms with Gasteiger partial charge in [-0.3, -0.25) is 0 Å². The van der Waals surface area contributed by atoms with Gasteiger partial charge in [0.25, 0.3) is 0 Å². The molecule has 192 valence electrons. The normalized spacial score (nSPS) is 17.7. The highest BCUT2D eigenvalue weighted by Crippen LogP contribution is 2.27. The first kappa shape index (κ1) is 27.2. The first-order valence-corrected chi connectivity index (χ1v) is 13.2. The summed E-state index contributed by atoms with van der Waals surface area (Å²) in [6.45, 7) is 1.53. The fourth-order valence-electron chi connectivity index (χ4n) is 4.02. The Morgan fingerprint density at radius 3 is 2.14 bits per heavy atom. The number of hydrogen-bond donors (Lipinski definition) is 2. The predicted octanol–water partition coefficient (Wildman–Crippen LogP) is 3.20. The van der Waals surface area contributed by atoms with E-state index in [0.29, 0.717) is 18.0 Å². The quantitative estimate of drug-likeness (QED) is 0.471.